The molecule has 1 aliphatic heterocycles. The van der Waals surface area contributed by atoms with E-state index in [1.54, 1.807) is 12.1 Å². The Morgan fingerprint density at radius 2 is 1.56 bits per heavy atom. The molecule has 5 amide bonds. The van der Waals surface area contributed by atoms with E-state index < -0.39 is 23.8 Å². The summed E-state index contributed by atoms with van der Waals surface area (Å²) >= 11 is 0. The Bertz CT molecular complexity index is 1830. The first-order valence-electron chi connectivity index (χ1n) is 18.1. The molecule has 0 aromatic heterocycles. The number of urea groups is 1. The van der Waals surface area contributed by atoms with E-state index in [0.717, 1.165) is 65.5 Å². The highest BCUT2D eigenvalue weighted by Gasteiger charge is 2.29. The maximum absolute atomic E-state index is 12.8. The van der Waals surface area contributed by atoms with Crippen molar-refractivity contribution in [3.8, 4) is 0 Å². The van der Waals surface area contributed by atoms with Gasteiger partial charge in [-0.2, -0.15) is 0 Å². The summed E-state index contributed by atoms with van der Waals surface area (Å²) in [4.78, 5) is 66.6. The van der Waals surface area contributed by atoms with Crippen LogP contribution in [0.5, 0.6) is 0 Å². The lowest BCUT2D eigenvalue weighted by Gasteiger charge is -2.33. The Balaban J connectivity index is 1.30. The van der Waals surface area contributed by atoms with Gasteiger partial charge in [0.1, 0.15) is 0 Å². The molecular weight excluding hydrogens is 660 g/mol. The third-order valence-electron chi connectivity index (χ3n) is 9.75. The highest BCUT2D eigenvalue weighted by atomic mass is 16.4. The van der Waals surface area contributed by atoms with Gasteiger partial charge in [-0.25, -0.2) is 9.59 Å². The molecular formula is C40H48N6O6. The summed E-state index contributed by atoms with van der Waals surface area (Å²) in [5.41, 5.74) is 7.30. The smallest absolute Gasteiger partial charge is 0.336 e. The van der Waals surface area contributed by atoms with Crippen molar-refractivity contribution in [2.24, 2.45) is 0 Å². The minimum atomic E-state index is -1.10. The molecule has 1 unspecified atom stereocenters. The average molecular weight is 709 g/mol. The maximum atomic E-state index is 12.8. The van der Waals surface area contributed by atoms with Gasteiger partial charge < -0.3 is 26.0 Å². The van der Waals surface area contributed by atoms with Gasteiger partial charge in [-0.1, -0.05) is 44.2 Å². The fourth-order valence-corrected chi connectivity index (χ4v) is 6.98. The number of carboxylic acid groups (broad SMARTS) is 1. The molecule has 12 nitrogen and oxygen atoms in total. The van der Waals surface area contributed by atoms with Crippen molar-refractivity contribution in [1.29, 1.82) is 0 Å². The number of allylic oxidation sites excluding steroid dienone is 3. The monoisotopic (exact) mass is 708 g/mol. The predicted octanol–water partition coefficient (Wildman–Crippen LogP) is 4.74. The first-order chi connectivity index (χ1) is 25.1. The number of benzene rings is 2. The molecule has 52 heavy (non-hydrogen) atoms. The lowest BCUT2D eigenvalue weighted by Crippen LogP contribution is -2.36. The molecule has 1 heterocycles. The molecule has 3 aliphatic rings. The van der Waals surface area contributed by atoms with Crippen molar-refractivity contribution >= 4 is 46.7 Å². The molecule has 5 rings (SSSR count). The largest absolute Gasteiger partial charge is 0.478 e. The number of nitrogens with one attached hydrogen (secondary N) is 3. The van der Waals surface area contributed by atoms with Crippen LogP contribution in [0.25, 0.3) is 5.57 Å². The highest BCUT2D eigenvalue weighted by molar-refractivity contribution is 6.13. The van der Waals surface area contributed by atoms with Crippen molar-refractivity contribution in [3.63, 3.8) is 0 Å². The van der Waals surface area contributed by atoms with Crippen LogP contribution in [-0.2, 0) is 20.8 Å². The number of anilines is 2. The fourth-order valence-electron chi connectivity index (χ4n) is 6.98. The molecule has 0 saturated carbocycles. The number of amides is 5. The van der Waals surface area contributed by atoms with Crippen LogP contribution in [0, 0.1) is 0 Å². The molecule has 0 spiro atoms. The van der Waals surface area contributed by atoms with Crippen LogP contribution in [0.2, 0.25) is 0 Å². The summed E-state index contributed by atoms with van der Waals surface area (Å²) in [7, 11) is 0. The number of carbonyl (C=O) groups excluding carboxylic acids is 4. The molecule has 274 valence electrons. The summed E-state index contributed by atoms with van der Waals surface area (Å²) < 4.78 is 0. The number of hydrogen-bond donors (Lipinski definition) is 4. The van der Waals surface area contributed by atoms with Crippen LogP contribution >= 0.6 is 0 Å². The van der Waals surface area contributed by atoms with Crippen molar-refractivity contribution in [2.75, 3.05) is 56.0 Å². The standard InChI is InChI=1S/C40H48N6O6/c1-5-44(6-2)29-11-14-31-26(23-29)22-27-24-30(45(7-3)8-4)12-15-32(27)38(31)33-13-10-28(25-34(33)39(50)51)43-40(52)42-20-9-19-41-35(47)18-21-46-36(48)16-17-37(46)49/h10-17,23-25,29H,5-9,18-22H2,1-4H3,(H,41,47)(H,50,51)(H2,42,43,52). The van der Waals surface area contributed by atoms with Gasteiger partial charge in [-0.05, 0) is 97.5 Å². The zero-order valence-corrected chi connectivity index (χ0v) is 30.3. The van der Waals surface area contributed by atoms with Gasteiger partial charge in [0, 0.05) is 68.7 Å². The zero-order valence-electron chi connectivity index (χ0n) is 30.3. The van der Waals surface area contributed by atoms with E-state index in [-0.39, 0.29) is 43.6 Å². The zero-order chi connectivity index (χ0) is 37.4. The summed E-state index contributed by atoms with van der Waals surface area (Å²) in [5.74, 6) is -2.28. The quantitative estimate of drug-likeness (QED) is 0.144. The summed E-state index contributed by atoms with van der Waals surface area (Å²) in [6.45, 7) is 12.7. The molecule has 12 heteroatoms. The molecule has 0 radical (unpaired) electrons. The lowest BCUT2D eigenvalue weighted by molar-refractivity contribution is -0.137. The van der Waals surface area contributed by atoms with E-state index >= 15 is 0 Å². The van der Waals surface area contributed by atoms with Gasteiger partial charge in [-0.15, -0.1) is 0 Å². The summed E-state index contributed by atoms with van der Waals surface area (Å²) in [6.07, 6.45) is 10.1. The van der Waals surface area contributed by atoms with Crippen LogP contribution in [0.3, 0.4) is 0 Å². The van der Waals surface area contributed by atoms with E-state index in [1.165, 1.54) is 23.8 Å². The number of hydrogen-bond acceptors (Lipinski definition) is 7. The Morgan fingerprint density at radius 1 is 0.865 bits per heavy atom. The maximum Gasteiger partial charge on any atom is 0.336 e. The number of carbonyl (C=O) groups is 5. The third-order valence-corrected chi connectivity index (χ3v) is 9.75. The molecule has 2 aromatic carbocycles. The first-order valence-corrected chi connectivity index (χ1v) is 18.1. The molecule has 1 atom stereocenters. The lowest BCUT2D eigenvalue weighted by atomic mass is 9.76. The number of nitrogens with zero attached hydrogens (tertiary/aromatic N) is 3. The number of rotatable bonds is 16. The van der Waals surface area contributed by atoms with Gasteiger partial charge in [0.05, 0.1) is 5.56 Å². The molecule has 0 bridgehead atoms. The second kappa shape index (κ2) is 17.1. The normalized spacial score (nSPS) is 16.1. The minimum absolute atomic E-state index is 0.00264. The van der Waals surface area contributed by atoms with Crippen molar-refractivity contribution in [3.05, 3.63) is 100 Å². The topological polar surface area (TPSA) is 151 Å². The molecule has 2 aromatic rings. The fraction of sp³-hybridized carbons (Fsp3) is 0.375. The van der Waals surface area contributed by atoms with Crippen LogP contribution in [0.1, 0.15) is 67.6 Å². The highest BCUT2D eigenvalue weighted by Crippen LogP contribution is 2.43. The molecule has 2 aliphatic carbocycles. The summed E-state index contributed by atoms with van der Waals surface area (Å²) in [5, 5.41) is 18.6. The van der Waals surface area contributed by atoms with E-state index in [9.17, 15) is 29.1 Å². The van der Waals surface area contributed by atoms with E-state index in [1.807, 2.05) is 0 Å². The van der Waals surface area contributed by atoms with Gasteiger partial charge in [-0.3, -0.25) is 24.2 Å². The second-order valence-electron chi connectivity index (χ2n) is 12.8. The van der Waals surface area contributed by atoms with Crippen LogP contribution in [-0.4, -0.2) is 96.5 Å². The number of fused-ring (bicyclic) bond motifs is 2. The molecule has 4 N–H and O–H groups in total. The van der Waals surface area contributed by atoms with Crippen LogP contribution in [0.15, 0.2) is 77.9 Å². The van der Waals surface area contributed by atoms with Crippen LogP contribution in [0.4, 0.5) is 16.2 Å². The number of likely N-dealkylation sites (N-methyl/N-ethyl adjacent to an activating group) is 1. The van der Waals surface area contributed by atoms with E-state index in [4.69, 9.17) is 0 Å². The van der Waals surface area contributed by atoms with E-state index in [2.05, 4.69) is 89.9 Å². The molecule has 0 saturated heterocycles. The Kier molecular flexibility index (Phi) is 12.5. The summed E-state index contributed by atoms with van der Waals surface area (Å²) in [6, 6.07) is 11.1. The number of aromatic carboxylic acids is 1. The predicted molar refractivity (Wildman–Crippen MR) is 202 cm³/mol. The van der Waals surface area contributed by atoms with Crippen molar-refractivity contribution in [2.45, 2.75) is 53.0 Å². The van der Waals surface area contributed by atoms with Crippen molar-refractivity contribution in [1.82, 2.24) is 20.4 Å². The first kappa shape index (κ1) is 37.8. The second-order valence-corrected chi connectivity index (χ2v) is 12.8. The van der Waals surface area contributed by atoms with Gasteiger partial charge in [0.25, 0.3) is 11.8 Å². The molecule has 0 fully saturated rings. The minimum Gasteiger partial charge on any atom is -0.478 e. The Labute approximate surface area is 304 Å². The van der Waals surface area contributed by atoms with Gasteiger partial charge >= 0.3 is 12.0 Å². The number of imide groups is 1. The van der Waals surface area contributed by atoms with E-state index in [0.29, 0.717) is 17.7 Å². The Morgan fingerprint density at radius 3 is 2.23 bits per heavy atom. The van der Waals surface area contributed by atoms with Gasteiger partial charge in [0.2, 0.25) is 5.91 Å². The average Bonchev–Trinajstić information content (AvgIpc) is 3.46. The Hall–Kier alpha value is -5.49. The third kappa shape index (κ3) is 8.51. The van der Waals surface area contributed by atoms with Crippen molar-refractivity contribution < 1.29 is 29.1 Å². The number of carboxylic acids is 1. The SMILES string of the molecule is CCN(CC)c1ccc2c(c1)CC1=CC(N(CC)CC)C=CC1=C2c1ccc(NC(=O)NCCCNC(=O)CCN2C(=O)C=CC2=O)cc1C(=O)O. The van der Waals surface area contributed by atoms with Crippen LogP contribution < -0.4 is 20.9 Å². The van der Waals surface area contributed by atoms with Gasteiger partial charge in [0.15, 0.2) is 0 Å².